The van der Waals surface area contributed by atoms with Gasteiger partial charge in [0.25, 0.3) is 0 Å². The van der Waals surface area contributed by atoms with E-state index in [9.17, 15) is 4.79 Å². The van der Waals surface area contributed by atoms with Crippen LogP contribution in [0.15, 0.2) is 30.3 Å². The second-order valence-corrected chi connectivity index (χ2v) is 8.74. The molecule has 6 heteroatoms. The second-order valence-electron chi connectivity index (χ2n) is 7.66. The van der Waals surface area contributed by atoms with Gasteiger partial charge in [0, 0.05) is 12.0 Å². The number of piperidine rings is 1. The van der Waals surface area contributed by atoms with Gasteiger partial charge in [-0.15, -0.1) is 11.3 Å². The van der Waals surface area contributed by atoms with Gasteiger partial charge in [-0.1, -0.05) is 30.3 Å². The Bertz CT molecular complexity index is 778. The molecule has 1 saturated heterocycles. The molecule has 2 aromatic rings. The SMILES string of the molecule is COCC1(C(=O)Nc2nc3c(s2)CC(c2ccccc2)CC3)CCNCC1. The number of rotatable bonds is 5. The van der Waals surface area contributed by atoms with Crippen molar-refractivity contribution in [3.63, 3.8) is 0 Å². The lowest BCUT2D eigenvalue weighted by Gasteiger charge is -2.35. The molecule has 1 amide bonds. The van der Waals surface area contributed by atoms with E-state index in [2.05, 4.69) is 41.0 Å². The van der Waals surface area contributed by atoms with Crippen molar-refractivity contribution >= 4 is 22.4 Å². The zero-order chi connectivity index (χ0) is 18.7. The minimum Gasteiger partial charge on any atom is -0.384 e. The standard InChI is InChI=1S/C21H27N3O2S/c1-26-14-21(9-11-22-12-10-21)19(25)24-20-23-17-8-7-16(13-18(17)27-20)15-5-3-2-4-6-15/h2-6,16,22H,7-14H2,1H3,(H,23,24,25). The van der Waals surface area contributed by atoms with E-state index < -0.39 is 5.41 Å². The molecule has 1 aromatic carbocycles. The Hall–Kier alpha value is -1.76. The molecule has 5 nitrogen and oxygen atoms in total. The van der Waals surface area contributed by atoms with Crippen LogP contribution in [-0.2, 0) is 22.4 Å². The van der Waals surface area contributed by atoms with Gasteiger partial charge in [0.2, 0.25) is 5.91 Å². The van der Waals surface area contributed by atoms with Crippen LogP contribution in [0.1, 0.15) is 41.3 Å². The van der Waals surface area contributed by atoms with Crippen molar-refractivity contribution < 1.29 is 9.53 Å². The number of amides is 1. The molecule has 0 saturated carbocycles. The molecule has 0 bridgehead atoms. The number of hydrogen-bond acceptors (Lipinski definition) is 5. The van der Waals surface area contributed by atoms with Gasteiger partial charge in [-0.05, 0) is 56.7 Å². The summed E-state index contributed by atoms with van der Waals surface area (Å²) in [5, 5.41) is 7.18. The average Bonchev–Trinajstić information content (AvgIpc) is 3.11. The van der Waals surface area contributed by atoms with E-state index in [-0.39, 0.29) is 5.91 Å². The minimum atomic E-state index is -0.446. The topological polar surface area (TPSA) is 63.2 Å². The number of carbonyl (C=O) groups excluding carboxylic acids is 1. The number of aryl methyl sites for hydroxylation is 1. The van der Waals surface area contributed by atoms with Crippen molar-refractivity contribution in [1.29, 1.82) is 0 Å². The number of aromatic nitrogens is 1. The second kappa shape index (κ2) is 8.09. The van der Waals surface area contributed by atoms with Crippen molar-refractivity contribution in [3.05, 3.63) is 46.5 Å². The van der Waals surface area contributed by atoms with Gasteiger partial charge < -0.3 is 15.4 Å². The third-order valence-electron chi connectivity index (χ3n) is 5.89. The Morgan fingerprint density at radius 2 is 2.11 bits per heavy atom. The first-order valence-electron chi connectivity index (χ1n) is 9.75. The molecule has 0 radical (unpaired) electrons. The lowest BCUT2D eigenvalue weighted by atomic mass is 9.79. The fraction of sp³-hybridized carbons (Fsp3) is 0.524. The van der Waals surface area contributed by atoms with Crippen LogP contribution in [0.5, 0.6) is 0 Å². The largest absolute Gasteiger partial charge is 0.384 e. The summed E-state index contributed by atoms with van der Waals surface area (Å²) >= 11 is 1.64. The van der Waals surface area contributed by atoms with Crippen LogP contribution in [0.3, 0.4) is 0 Å². The maximum absolute atomic E-state index is 13.0. The highest BCUT2D eigenvalue weighted by molar-refractivity contribution is 7.15. The van der Waals surface area contributed by atoms with E-state index in [1.807, 2.05) is 0 Å². The van der Waals surface area contributed by atoms with Crippen LogP contribution >= 0.6 is 11.3 Å². The quantitative estimate of drug-likeness (QED) is 0.828. The number of ether oxygens (including phenoxy) is 1. The lowest BCUT2D eigenvalue weighted by Crippen LogP contribution is -2.47. The van der Waals surface area contributed by atoms with Crippen molar-refractivity contribution in [3.8, 4) is 0 Å². The van der Waals surface area contributed by atoms with Gasteiger partial charge in [0.1, 0.15) is 0 Å². The monoisotopic (exact) mass is 385 g/mol. The van der Waals surface area contributed by atoms with Gasteiger partial charge in [-0.2, -0.15) is 0 Å². The Balaban J connectivity index is 1.47. The molecular formula is C21H27N3O2S. The van der Waals surface area contributed by atoms with Crippen LogP contribution in [0.2, 0.25) is 0 Å². The van der Waals surface area contributed by atoms with Crippen LogP contribution in [0.4, 0.5) is 5.13 Å². The number of anilines is 1. The summed E-state index contributed by atoms with van der Waals surface area (Å²) < 4.78 is 5.38. The smallest absolute Gasteiger partial charge is 0.234 e. The van der Waals surface area contributed by atoms with E-state index in [1.54, 1.807) is 18.4 Å². The van der Waals surface area contributed by atoms with Crippen LogP contribution in [-0.4, -0.2) is 37.7 Å². The van der Waals surface area contributed by atoms with E-state index >= 15 is 0 Å². The summed E-state index contributed by atoms with van der Waals surface area (Å²) in [6.07, 6.45) is 4.71. The lowest BCUT2D eigenvalue weighted by molar-refractivity contribution is -0.130. The average molecular weight is 386 g/mol. The summed E-state index contributed by atoms with van der Waals surface area (Å²) in [5.41, 5.74) is 2.11. The summed E-state index contributed by atoms with van der Waals surface area (Å²) in [5.74, 6) is 0.600. The highest BCUT2D eigenvalue weighted by Gasteiger charge is 2.40. The Kier molecular flexibility index (Phi) is 5.57. The molecule has 1 unspecified atom stereocenters. The highest BCUT2D eigenvalue weighted by atomic mass is 32.1. The molecule has 1 fully saturated rings. The predicted molar refractivity (Wildman–Crippen MR) is 108 cm³/mol. The number of carbonyl (C=O) groups is 1. The van der Waals surface area contributed by atoms with Crippen LogP contribution < -0.4 is 10.6 Å². The number of methoxy groups -OCH3 is 1. The number of nitrogens with zero attached hydrogens (tertiary/aromatic N) is 1. The number of benzene rings is 1. The van der Waals surface area contributed by atoms with E-state index in [1.165, 1.54) is 10.4 Å². The Morgan fingerprint density at radius 3 is 2.85 bits per heavy atom. The third-order valence-corrected chi connectivity index (χ3v) is 6.93. The summed E-state index contributed by atoms with van der Waals surface area (Å²) in [6.45, 7) is 2.16. The molecule has 2 N–H and O–H groups in total. The molecule has 4 rings (SSSR count). The number of thiazole rings is 1. The molecular weight excluding hydrogens is 358 g/mol. The maximum Gasteiger partial charge on any atom is 0.234 e. The third kappa shape index (κ3) is 3.93. The molecule has 1 aliphatic carbocycles. The molecule has 144 valence electrons. The predicted octanol–water partition coefficient (Wildman–Crippen LogP) is 3.37. The Morgan fingerprint density at radius 1 is 1.33 bits per heavy atom. The van der Waals surface area contributed by atoms with Crippen molar-refractivity contribution in [2.45, 2.75) is 38.0 Å². The molecule has 27 heavy (non-hydrogen) atoms. The fourth-order valence-electron chi connectivity index (χ4n) is 4.29. The number of nitrogens with one attached hydrogen (secondary N) is 2. The van der Waals surface area contributed by atoms with E-state index in [4.69, 9.17) is 9.72 Å². The van der Waals surface area contributed by atoms with E-state index in [0.29, 0.717) is 12.5 Å². The first-order valence-corrected chi connectivity index (χ1v) is 10.6. The van der Waals surface area contributed by atoms with Crippen LogP contribution in [0.25, 0.3) is 0 Å². The van der Waals surface area contributed by atoms with Gasteiger partial charge in [-0.25, -0.2) is 4.98 Å². The molecule has 1 aliphatic heterocycles. The molecule has 2 heterocycles. The normalized spacial score (nSPS) is 21.4. The van der Waals surface area contributed by atoms with Crippen molar-refractivity contribution in [1.82, 2.24) is 10.3 Å². The van der Waals surface area contributed by atoms with E-state index in [0.717, 1.165) is 56.0 Å². The maximum atomic E-state index is 13.0. The molecule has 1 aromatic heterocycles. The van der Waals surface area contributed by atoms with Crippen molar-refractivity contribution in [2.75, 3.05) is 32.1 Å². The summed E-state index contributed by atoms with van der Waals surface area (Å²) in [6, 6.07) is 10.7. The van der Waals surface area contributed by atoms with Gasteiger partial charge in [-0.3, -0.25) is 4.79 Å². The summed E-state index contributed by atoms with van der Waals surface area (Å²) in [7, 11) is 1.67. The number of fused-ring (bicyclic) bond motifs is 1. The zero-order valence-corrected chi connectivity index (χ0v) is 16.6. The minimum absolute atomic E-state index is 0.0524. The Labute approximate surface area is 164 Å². The zero-order valence-electron chi connectivity index (χ0n) is 15.8. The first kappa shape index (κ1) is 18.6. The van der Waals surface area contributed by atoms with Crippen LogP contribution in [0, 0.1) is 5.41 Å². The summed E-state index contributed by atoms with van der Waals surface area (Å²) in [4.78, 5) is 19.1. The molecule has 1 atom stereocenters. The van der Waals surface area contributed by atoms with Gasteiger partial charge in [0.05, 0.1) is 17.7 Å². The van der Waals surface area contributed by atoms with Gasteiger partial charge in [0.15, 0.2) is 5.13 Å². The van der Waals surface area contributed by atoms with Gasteiger partial charge >= 0.3 is 0 Å². The fourth-order valence-corrected chi connectivity index (χ4v) is 5.37. The number of hydrogen-bond donors (Lipinski definition) is 2. The molecule has 2 aliphatic rings. The first-order chi connectivity index (χ1) is 13.2. The molecule has 0 spiro atoms. The highest BCUT2D eigenvalue weighted by Crippen LogP contribution is 2.38. The van der Waals surface area contributed by atoms with Crippen molar-refractivity contribution in [2.24, 2.45) is 5.41 Å².